The minimum absolute atomic E-state index is 0.204. The molecule has 2 rings (SSSR count). The molecule has 2 N–H and O–H groups in total. The number of carbonyl (C=O) groups is 2. The van der Waals surface area contributed by atoms with E-state index in [1.54, 1.807) is 6.20 Å². The summed E-state index contributed by atoms with van der Waals surface area (Å²) in [5.41, 5.74) is 6.79. The lowest BCUT2D eigenvalue weighted by Crippen LogP contribution is -2.27. The van der Waals surface area contributed by atoms with Gasteiger partial charge >= 0.3 is 12.1 Å². The molecule has 0 amide bonds. The Morgan fingerprint density at radius 2 is 1.96 bits per heavy atom. The molecule has 0 aliphatic rings. The van der Waals surface area contributed by atoms with Gasteiger partial charge < -0.3 is 15.2 Å². The van der Waals surface area contributed by atoms with Crippen molar-refractivity contribution in [2.75, 3.05) is 13.7 Å². The van der Waals surface area contributed by atoms with E-state index in [1.807, 2.05) is 45.0 Å². The molecule has 0 aliphatic heterocycles. The topological polar surface area (TPSA) is 83.5 Å². The van der Waals surface area contributed by atoms with Crippen molar-refractivity contribution in [1.82, 2.24) is 4.57 Å². The van der Waals surface area contributed by atoms with Crippen molar-refractivity contribution in [3.05, 3.63) is 36.0 Å². The summed E-state index contributed by atoms with van der Waals surface area (Å²) in [5.74, 6) is -0.744. The monoisotopic (exact) mass is 332 g/mol. The molecule has 0 saturated carbocycles. The average molecular weight is 332 g/mol. The lowest BCUT2D eigenvalue weighted by atomic mass is 9.97. The van der Waals surface area contributed by atoms with Crippen LogP contribution in [0.1, 0.15) is 26.3 Å². The van der Waals surface area contributed by atoms with Crippen LogP contribution in [0.3, 0.4) is 0 Å². The number of nitrogens with two attached hydrogens (primary N) is 1. The highest BCUT2D eigenvalue weighted by Gasteiger charge is 2.22. The molecule has 0 fully saturated rings. The van der Waals surface area contributed by atoms with E-state index in [4.69, 9.17) is 15.2 Å². The zero-order valence-corrected chi connectivity index (χ0v) is 14.5. The third-order valence-corrected chi connectivity index (χ3v) is 3.70. The quantitative estimate of drug-likeness (QED) is 0.870. The SMILES string of the molecule is COC(=O)C(CN)Cc1cccc2c1ccn2C(=O)OC(C)(C)C. The largest absolute Gasteiger partial charge is 0.469 e. The maximum atomic E-state index is 12.3. The van der Waals surface area contributed by atoms with Crippen LogP contribution in [0.25, 0.3) is 10.9 Å². The van der Waals surface area contributed by atoms with Gasteiger partial charge in [-0.1, -0.05) is 12.1 Å². The van der Waals surface area contributed by atoms with Gasteiger partial charge in [-0.2, -0.15) is 0 Å². The molecule has 6 nitrogen and oxygen atoms in total. The Hall–Kier alpha value is -2.34. The van der Waals surface area contributed by atoms with E-state index in [9.17, 15) is 9.59 Å². The molecular weight excluding hydrogens is 308 g/mol. The number of carbonyl (C=O) groups excluding carboxylic acids is 2. The molecule has 0 spiro atoms. The first kappa shape index (κ1) is 18.0. The fourth-order valence-electron chi connectivity index (χ4n) is 2.57. The molecule has 2 aromatic rings. The van der Waals surface area contributed by atoms with Gasteiger partial charge in [0.15, 0.2) is 0 Å². The smallest absolute Gasteiger partial charge is 0.418 e. The van der Waals surface area contributed by atoms with Crippen molar-refractivity contribution < 1.29 is 19.1 Å². The number of hydrogen-bond acceptors (Lipinski definition) is 5. The first-order chi connectivity index (χ1) is 11.3. The van der Waals surface area contributed by atoms with Crippen LogP contribution < -0.4 is 5.73 Å². The van der Waals surface area contributed by atoms with Gasteiger partial charge in [-0.15, -0.1) is 0 Å². The molecule has 0 bridgehead atoms. The number of fused-ring (bicyclic) bond motifs is 1. The number of aromatic nitrogens is 1. The zero-order chi connectivity index (χ0) is 17.9. The predicted molar refractivity (Wildman–Crippen MR) is 91.8 cm³/mol. The van der Waals surface area contributed by atoms with Crippen LogP contribution in [0.5, 0.6) is 0 Å². The molecule has 1 heterocycles. The minimum Gasteiger partial charge on any atom is -0.469 e. The number of benzene rings is 1. The lowest BCUT2D eigenvalue weighted by molar-refractivity contribution is -0.145. The molecule has 0 saturated heterocycles. The number of rotatable bonds is 4. The third-order valence-electron chi connectivity index (χ3n) is 3.70. The highest BCUT2D eigenvalue weighted by molar-refractivity contribution is 5.91. The average Bonchev–Trinajstić information content (AvgIpc) is 2.95. The van der Waals surface area contributed by atoms with Crippen LogP contribution in [0.15, 0.2) is 30.5 Å². The van der Waals surface area contributed by atoms with Crippen LogP contribution in [0.2, 0.25) is 0 Å². The van der Waals surface area contributed by atoms with E-state index in [1.165, 1.54) is 11.7 Å². The summed E-state index contributed by atoms with van der Waals surface area (Å²) in [6, 6.07) is 7.47. The van der Waals surface area contributed by atoms with E-state index >= 15 is 0 Å². The number of methoxy groups -OCH3 is 1. The minimum atomic E-state index is -0.569. The Morgan fingerprint density at radius 1 is 1.25 bits per heavy atom. The molecule has 6 heteroatoms. The van der Waals surface area contributed by atoms with Crippen LogP contribution >= 0.6 is 0 Å². The molecule has 24 heavy (non-hydrogen) atoms. The Labute approximate surface area is 141 Å². The van der Waals surface area contributed by atoms with Crippen molar-refractivity contribution in [3.8, 4) is 0 Å². The highest BCUT2D eigenvalue weighted by Crippen LogP contribution is 2.24. The van der Waals surface area contributed by atoms with Crippen LogP contribution in [-0.4, -0.2) is 35.9 Å². The van der Waals surface area contributed by atoms with E-state index < -0.39 is 17.6 Å². The fourth-order valence-corrected chi connectivity index (χ4v) is 2.57. The summed E-state index contributed by atoms with van der Waals surface area (Å²) in [4.78, 5) is 24.1. The molecular formula is C18H24N2O4. The molecule has 0 aliphatic carbocycles. The highest BCUT2D eigenvalue weighted by atomic mass is 16.6. The molecule has 1 aromatic carbocycles. The second kappa shape index (κ2) is 7.05. The van der Waals surface area contributed by atoms with E-state index in [0.717, 1.165) is 16.5 Å². The summed E-state index contributed by atoms with van der Waals surface area (Å²) in [6.45, 7) is 5.68. The standard InChI is InChI=1S/C18H24N2O4/c1-18(2,3)24-17(22)20-9-8-14-12(6-5-7-15(14)20)10-13(11-19)16(21)23-4/h5-9,13H,10-11,19H2,1-4H3. The molecule has 1 atom stereocenters. The van der Waals surface area contributed by atoms with Gasteiger partial charge in [-0.25, -0.2) is 4.79 Å². The van der Waals surface area contributed by atoms with E-state index in [0.29, 0.717) is 6.42 Å². The summed E-state index contributed by atoms with van der Waals surface area (Å²) >= 11 is 0. The zero-order valence-electron chi connectivity index (χ0n) is 14.5. The van der Waals surface area contributed by atoms with Gasteiger partial charge in [0.2, 0.25) is 0 Å². The maximum Gasteiger partial charge on any atom is 0.418 e. The number of ether oxygens (including phenoxy) is 2. The normalized spacial score (nSPS) is 12.9. The van der Waals surface area contributed by atoms with E-state index in [2.05, 4.69) is 0 Å². The Balaban J connectivity index is 2.35. The lowest BCUT2D eigenvalue weighted by Gasteiger charge is -2.20. The maximum absolute atomic E-state index is 12.3. The molecule has 0 radical (unpaired) electrons. The van der Waals surface area contributed by atoms with Gasteiger partial charge in [-0.05, 0) is 44.9 Å². The van der Waals surface area contributed by atoms with Gasteiger partial charge in [0.05, 0.1) is 18.5 Å². The van der Waals surface area contributed by atoms with Crippen LogP contribution in [-0.2, 0) is 20.7 Å². The third kappa shape index (κ3) is 3.94. The molecule has 130 valence electrons. The van der Waals surface area contributed by atoms with Crippen molar-refractivity contribution in [3.63, 3.8) is 0 Å². The summed E-state index contributed by atoms with van der Waals surface area (Å²) in [7, 11) is 1.35. The van der Waals surface area contributed by atoms with Crippen molar-refractivity contribution in [2.45, 2.75) is 32.8 Å². The fraction of sp³-hybridized carbons (Fsp3) is 0.444. The number of nitrogens with zero attached hydrogens (tertiary/aromatic N) is 1. The molecule has 1 aromatic heterocycles. The Bertz CT molecular complexity index is 743. The predicted octanol–water partition coefficient (Wildman–Crippen LogP) is 2.71. The van der Waals surface area contributed by atoms with Crippen LogP contribution in [0, 0.1) is 5.92 Å². The van der Waals surface area contributed by atoms with Crippen molar-refractivity contribution in [1.29, 1.82) is 0 Å². The van der Waals surface area contributed by atoms with Gasteiger partial charge in [0, 0.05) is 18.1 Å². The number of esters is 1. The summed E-state index contributed by atoms with van der Waals surface area (Å²) in [5, 5.41) is 0.894. The number of hydrogen-bond donors (Lipinski definition) is 1. The van der Waals surface area contributed by atoms with Gasteiger partial charge in [0.1, 0.15) is 5.60 Å². The van der Waals surface area contributed by atoms with Gasteiger partial charge in [0.25, 0.3) is 0 Å². The first-order valence-electron chi connectivity index (χ1n) is 7.87. The van der Waals surface area contributed by atoms with Crippen LogP contribution in [0.4, 0.5) is 4.79 Å². The molecule has 1 unspecified atom stereocenters. The Kier molecular flexibility index (Phi) is 5.29. The van der Waals surface area contributed by atoms with E-state index in [-0.39, 0.29) is 12.5 Å². The Morgan fingerprint density at radius 3 is 2.54 bits per heavy atom. The van der Waals surface area contributed by atoms with Crippen molar-refractivity contribution in [2.24, 2.45) is 11.7 Å². The first-order valence-corrected chi connectivity index (χ1v) is 7.87. The van der Waals surface area contributed by atoms with Gasteiger partial charge in [-0.3, -0.25) is 9.36 Å². The summed E-state index contributed by atoms with van der Waals surface area (Å²) < 4.78 is 11.7. The second-order valence-electron chi connectivity index (χ2n) is 6.68. The summed E-state index contributed by atoms with van der Waals surface area (Å²) in [6.07, 6.45) is 1.70. The van der Waals surface area contributed by atoms with Crippen molar-refractivity contribution >= 4 is 23.0 Å². The second-order valence-corrected chi connectivity index (χ2v) is 6.68.